The average molecular weight is 420 g/mol. The second-order valence-electron chi connectivity index (χ2n) is 7.06. The molecular weight excluding hydrogens is 393 g/mol. The second-order valence-corrected chi connectivity index (χ2v) is 8.83. The van der Waals surface area contributed by atoms with Gasteiger partial charge in [-0.25, -0.2) is 17.5 Å². The zero-order chi connectivity index (χ0) is 20.7. The number of rotatable bonds is 8. The minimum Gasteiger partial charge on any atom is -0.340 e. The van der Waals surface area contributed by atoms with Crippen molar-refractivity contribution in [3.05, 3.63) is 66.0 Å². The Hall–Kier alpha value is -2.29. The fourth-order valence-corrected chi connectivity index (χ4v) is 4.33. The summed E-state index contributed by atoms with van der Waals surface area (Å²) in [6.45, 7) is 3.92. The van der Waals surface area contributed by atoms with Crippen LogP contribution in [-0.4, -0.2) is 63.4 Å². The van der Waals surface area contributed by atoms with Gasteiger partial charge < -0.3 is 4.90 Å². The molecule has 1 fully saturated rings. The number of hydrogen-bond donors (Lipinski definition) is 1. The van der Waals surface area contributed by atoms with Crippen LogP contribution in [0.4, 0.5) is 4.39 Å². The van der Waals surface area contributed by atoms with Gasteiger partial charge in [0.25, 0.3) is 0 Å². The molecule has 0 atom stereocenters. The molecule has 0 aliphatic carbocycles. The van der Waals surface area contributed by atoms with Crippen molar-refractivity contribution in [3.63, 3.8) is 0 Å². The fraction of sp³-hybridized carbons (Fsp3) is 0.381. The van der Waals surface area contributed by atoms with Crippen LogP contribution in [0.2, 0.25) is 0 Å². The number of halogens is 1. The molecule has 3 rings (SSSR count). The first-order valence-electron chi connectivity index (χ1n) is 9.73. The predicted molar refractivity (Wildman–Crippen MR) is 109 cm³/mol. The lowest BCUT2D eigenvalue weighted by Crippen LogP contribution is -2.49. The number of sulfonamides is 1. The van der Waals surface area contributed by atoms with E-state index in [1.54, 1.807) is 4.90 Å². The maximum atomic E-state index is 12.9. The number of carbonyl (C=O) groups is 1. The van der Waals surface area contributed by atoms with Crippen molar-refractivity contribution in [3.8, 4) is 0 Å². The van der Waals surface area contributed by atoms with Gasteiger partial charge in [0.15, 0.2) is 0 Å². The molecule has 1 aliphatic rings. The number of benzene rings is 2. The topological polar surface area (TPSA) is 69.7 Å². The summed E-state index contributed by atoms with van der Waals surface area (Å²) in [5.41, 5.74) is 1.31. The van der Waals surface area contributed by atoms with Crippen molar-refractivity contribution in [1.29, 1.82) is 0 Å². The van der Waals surface area contributed by atoms with Gasteiger partial charge in [-0.1, -0.05) is 30.3 Å². The van der Waals surface area contributed by atoms with Crippen LogP contribution in [0.15, 0.2) is 59.5 Å². The highest BCUT2D eigenvalue weighted by Gasteiger charge is 2.21. The number of carbonyl (C=O) groups excluding carboxylic acids is 1. The summed E-state index contributed by atoms with van der Waals surface area (Å²) in [5.74, 6) is -0.559. The molecule has 8 heteroatoms. The first-order chi connectivity index (χ1) is 13.9. The summed E-state index contributed by atoms with van der Waals surface area (Å²) in [6, 6.07) is 14.9. The Morgan fingerprint density at radius 3 is 2.28 bits per heavy atom. The summed E-state index contributed by atoms with van der Waals surface area (Å²) in [4.78, 5) is 16.5. The van der Waals surface area contributed by atoms with Crippen LogP contribution < -0.4 is 4.72 Å². The van der Waals surface area contributed by atoms with Gasteiger partial charge in [-0.2, -0.15) is 0 Å². The zero-order valence-electron chi connectivity index (χ0n) is 16.3. The van der Waals surface area contributed by atoms with Gasteiger partial charge in [0.2, 0.25) is 15.9 Å². The molecular formula is C21H26FN3O3S. The molecule has 2 aromatic rings. The first kappa shape index (κ1) is 21.4. The van der Waals surface area contributed by atoms with E-state index in [-0.39, 0.29) is 23.8 Å². The lowest BCUT2D eigenvalue weighted by atomic mass is 10.1. The van der Waals surface area contributed by atoms with E-state index in [1.807, 2.05) is 18.2 Å². The summed E-state index contributed by atoms with van der Waals surface area (Å²) < 4.78 is 39.7. The van der Waals surface area contributed by atoms with Gasteiger partial charge in [-0.3, -0.25) is 9.69 Å². The van der Waals surface area contributed by atoms with Crippen LogP contribution in [0, 0.1) is 5.82 Å². The molecule has 1 saturated heterocycles. The van der Waals surface area contributed by atoms with E-state index >= 15 is 0 Å². The number of nitrogens with one attached hydrogen (secondary N) is 1. The average Bonchev–Trinajstić information content (AvgIpc) is 2.73. The Bertz CT molecular complexity index is 897. The second kappa shape index (κ2) is 9.96. The molecule has 29 heavy (non-hydrogen) atoms. The molecule has 0 bridgehead atoms. The molecule has 0 aromatic heterocycles. The van der Waals surface area contributed by atoms with Crippen molar-refractivity contribution in [2.24, 2.45) is 0 Å². The maximum absolute atomic E-state index is 12.9. The molecule has 1 aliphatic heterocycles. The Morgan fingerprint density at radius 1 is 0.966 bits per heavy atom. The lowest BCUT2D eigenvalue weighted by molar-refractivity contribution is -0.132. The van der Waals surface area contributed by atoms with E-state index in [9.17, 15) is 17.6 Å². The van der Waals surface area contributed by atoms with E-state index in [2.05, 4.69) is 21.8 Å². The van der Waals surface area contributed by atoms with E-state index in [1.165, 1.54) is 17.7 Å². The zero-order valence-corrected chi connectivity index (χ0v) is 17.1. The van der Waals surface area contributed by atoms with E-state index in [0.29, 0.717) is 13.1 Å². The van der Waals surface area contributed by atoms with Gasteiger partial charge in [-0.15, -0.1) is 0 Å². The highest BCUT2D eigenvalue weighted by atomic mass is 32.2. The van der Waals surface area contributed by atoms with Crippen molar-refractivity contribution < 1.29 is 17.6 Å². The number of hydrogen-bond acceptors (Lipinski definition) is 4. The Labute approximate surface area is 171 Å². The Kier molecular flexibility index (Phi) is 7.35. The van der Waals surface area contributed by atoms with Crippen molar-refractivity contribution in [1.82, 2.24) is 14.5 Å². The maximum Gasteiger partial charge on any atom is 0.240 e. The normalized spacial score (nSPS) is 15.4. The van der Waals surface area contributed by atoms with Gasteiger partial charge in [0, 0.05) is 45.7 Å². The van der Waals surface area contributed by atoms with E-state index in [4.69, 9.17) is 0 Å². The minimum atomic E-state index is -3.74. The monoisotopic (exact) mass is 419 g/mol. The number of nitrogens with zero attached hydrogens (tertiary/aromatic N) is 2. The third-order valence-corrected chi connectivity index (χ3v) is 6.52. The van der Waals surface area contributed by atoms with Crippen molar-refractivity contribution in [2.75, 3.05) is 39.3 Å². The lowest BCUT2D eigenvalue weighted by Gasteiger charge is -2.34. The standard InChI is InChI=1S/C21H26FN3O3S/c22-19-6-8-20(9-7-19)29(27,28)23-12-10-21(26)25-16-14-24(15-17-25)13-11-18-4-2-1-3-5-18/h1-9,23H,10-17H2. The molecule has 1 amide bonds. The van der Waals surface area contributed by atoms with Crippen LogP contribution in [0.3, 0.4) is 0 Å². The van der Waals surface area contributed by atoms with Crippen LogP contribution >= 0.6 is 0 Å². The molecule has 1 heterocycles. The summed E-state index contributed by atoms with van der Waals surface area (Å²) in [5, 5.41) is 0. The van der Waals surface area contributed by atoms with Gasteiger partial charge in [0.05, 0.1) is 4.90 Å². The Morgan fingerprint density at radius 2 is 1.62 bits per heavy atom. The minimum absolute atomic E-state index is 0.0154. The van der Waals surface area contributed by atoms with Crippen LogP contribution in [0.1, 0.15) is 12.0 Å². The van der Waals surface area contributed by atoms with E-state index < -0.39 is 15.8 Å². The first-order valence-corrected chi connectivity index (χ1v) is 11.2. The molecule has 6 nitrogen and oxygen atoms in total. The summed E-state index contributed by atoms with van der Waals surface area (Å²) >= 11 is 0. The van der Waals surface area contributed by atoms with Gasteiger partial charge >= 0.3 is 0 Å². The molecule has 0 radical (unpaired) electrons. The van der Waals surface area contributed by atoms with E-state index in [0.717, 1.165) is 38.2 Å². The fourth-order valence-electron chi connectivity index (χ4n) is 3.30. The molecule has 0 spiro atoms. The third-order valence-electron chi connectivity index (χ3n) is 5.04. The number of piperazine rings is 1. The molecule has 2 aromatic carbocycles. The molecule has 1 N–H and O–H groups in total. The van der Waals surface area contributed by atoms with Gasteiger partial charge in [0.1, 0.15) is 5.82 Å². The van der Waals surface area contributed by atoms with Crippen LogP contribution in [0.5, 0.6) is 0 Å². The predicted octanol–water partition coefficient (Wildman–Crippen LogP) is 1.88. The van der Waals surface area contributed by atoms with Crippen molar-refractivity contribution in [2.45, 2.75) is 17.7 Å². The Balaban J connectivity index is 1.38. The molecule has 0 saturated carbocycles. The van der Waals surface area contributed by atoms with Crippen LogP contribution in [0.25, 0.3) is 0 Å². The summed E-state index contributed by atoms with van der Waals surface area (Å²) in [7, 11) is -3.74. The third kappa shape index (κ3) is 6.35. The summed E-state index contributed by atoms with van der Waals surface area (Å²) in [6.07, 6.45) is 1.09. The van der Waals surface area contributed by atoms with Crippen molar-refractivity contribution >= 4 is 15.9 Å². The quantitative estimate of drug-likeness (QED) is 0.709. The molecule has 156 valence electrons. The molecule has 0 unspecified atom stereocenters. The highest BCUT2D eigenvalue weighted by molar-refractivity contribution is 7.89. The SMILES string of the molecule is O=C(CCNS(=O)(=O)c1ccc(F)cc1)N1CCN(CCc2ccccc2)CC1. The largest absolute Gasteiger partial charge is 0.340 e. The highest BCUT2D eigenvalue weighted by Crippen LogP contribution is 2.10. The van der Waals surface area contributed by atoms with Crippen LogP contribution in [-0.2, 0) is 21.2 Å². The number of amides is 1. The smallest absolute Gasteiger partial charge is 0.240 e. The van der Waals surface area contributed by atoms with Gasteiger partial charge in [-0.05, 0) is 36.2 Å².